The summed E-state index contributed by atoms with van der Waals surface area (Å²) >= 11 is 0. The van der Waals surface area contributed by atoms with Crippen molar-refractivity contribution in [3.05, 3.63) is 12.7 Å². The first kappa shape index (κ1) is 16.0. The van der Waals surface area contributed by atoms with Gasteiger partial charge in [-0.3, -0.25) is 0 Å². The van der Waals surface area contributed by atoms with Gasteiger partial charge in [0.2, 0.25) is 0 Å². The van der Waals surface area contributed by atoms with Crippen molar-refractivity contribution in [2.24, 2.45) is 5.92 Å². The summed E-state index contributed by atoms with van der Waals surface area (Å²) in [6.07, 6.45) is 15.6. The molecule has 2 heterocycles. The molecule has 0 amide bonds. The molecule has 0 aromatic heterocycles. The first-order valence-corrected chi connectivity index (χ1v) is 8.62. The predicted octanol–water partition coefficient (Wildman–Crippen LogP) is 4.87. The zero-order valence-corrected chi connectivity index (χ0v) is 13.4. The second kappa shape index (κ2) is 8.19. The minimum Gasteiger partial charge on any atom is -0.369 e. The van der Waals surface area contributed by atoms with Crippen molar-refractivity contribution >= 4 is 0 Å². The van der Waals surface area contributed by atoms with Gasteiger partial charge in [0, 0.05) is 6.42 Å². The van der Waals surface area contributed by atoms with Gasteiger partial charge in [-0.2, -0.15) is 0 Å². The summed E-state index contributed by atoms with van der Waals surface area (Å²) in [6.45, 7) is 8.38. The van der Waals surface area contributed by atoms with E-state index in [0.717, 1.165) is 18.8 Å². The average Bonchev–Trinajstić information content (AvgIpc) is 3.29. The second-order valence-corrected chi connectivity index (χ2v) is 6.93. The predicted molar refractivity (Wildman–Crippen MR) is 83.9 cm³/mol. The third-order valence-corrected chi connectivity index (χ3v) is 4.51. The minimum absolute atomic E-state index is 0.443. The standard InChI is InChI=1S/C18H32O2/c1-4-10-15-17(19-15)13-18-16(20-18)12-9-7-5-6-8-11-14(2)3/h4,14-18H,1,5-13H2,2-3H3. The van der Waals surface area contributed by atoms with Crippen molar-refractivity contribution in [2.45, 2.75) is 96.1 Å². The Morgan fingerprint density at radius 1 is 0.900 bits per heavy atom. The van der Waals surface area contributed by atoms with Crippen LogP contribution >= 0.6 is 0 Å². The monoisotopic (exact) mass is 280 g/mol. The van der Waals surface area contributed by atoms with Gasteiger partial charge in [0.1, 0.15) is 0 Å². The summed E-state index contributed by atoms with van der Waals surface area (Å²) in [7, 11) is 0. The van der Waals surface area contributed by atoms with Gasteiger partial charge in [-0.25, -0.2) is 0 Å². The molecule has 0 aromatic rings. The molecule has 0 saturated carbocycles. The normalized spacial score (nSPS) is 31.6. The molecule has 4 unspecified atom stereocenters. The third-order valence-electron chi connectivity index (χ3n) is 4.51. The zero-order valence-electron chi connectivity index (χ0n) is 13.4. The Kier molecular flexibility index (Phi) is 6.57. The van der Waals surface area contributed by atoms with Gasteiger partial charge in [0.15, 0.2) is 0 Å². The molecule has 20 heavy (non-hydrogen) atoms. The van der Waals surface area contributed by atoms with Gasteiger partial charge in [0.25, 0.3) is 0 Å². The van der Waals surface area contributed by atoms with Crippen LogP contribution in [0.2, 0.25) is 0 Å². The highest BCUT2D eigenvalue weighted by molar-refractivity contribution is 4.96. The number of hydrogen-bond acceptors (Lipinski definition) is 2. The molecule has 2 heteroatoms. The Bertz CT molecular complexity index is 287. The van der Waals surface area contributed by atoms with Crippen LogP contribution in [0.25, 0.3) is 0 Å². The highest BCUT2D eigenvalue weighted by Gasteiger charge is 2.47. The number of epoxide rings is 2. The lowest BCUT2D eigenvalue weighted by atomic mass is 10.0. The highest BCUT2D eigenvalue weighted by atomic mass is 16.6. The zero-order chi connectivity index (χ0) is 14.4. The topological polar surface area (TPSA) is 25.1 Å². The van der Waals surface area contributed by atoms with Gasteiger partial charge < -0.3 is 9.47 Å². The minimum atomic E-state index is 0.443. The Balaban J connectivity index is 1.37. The van der Waals surface area contributed by atoms with E-state index in [1.807, 2.05) is 6.08 Å². The molecule has 0 radical (unpaired) electrons. The van der Waals surface area contributed by atoms with Crippen LogP contribution in [0.15, 0.2) is 12.7 Å². The summed E-state index contributed by atoms with van der Waals surface area (Å²) in [5.74, 6) is 0.866. The molecule has 0 aromatic carbocycles. The largest absolute Gasteiger partial charge is 0.369 e. The fraction of sp³-hybridized carbons (Fsp3) is 0.889. The lowest BCUT2D eigenvalue weighted by molar-refractivity contribution is 0.320. The van der Waals surface area contributed by atoms with E-state index in [9.17, 15) is 0 Å². The van der Waals surface area contributed by atoms with Crippen molar-refractivity contribution in [3.8, 4) is 0 Å². The van der Waals surface area contributed by atoms with Crippen molar-refractivity contribution in [2.75, 3.05) is 0 Å². The van der Waals surface area contributed by atoms with Crippen LogP contribution in [0.5, 0.6) is 0 Å². The van der Waals surface area contributed by atoms with Crippen LogP contribution in [0.3, 0.4) is 0 Å². The van der Waals surface area contributed by atoms with Crippen LogP contribution in [0.4, 0.5) is 0 Å². The summed E-state index contributed by atoms with van der Waals surface area (Å²) in [5, 5.41) is 0. The van der Waals surface area contributed by atoms with E-state index in [1.165, 1.54) is 44.9 Å². The molecular formula is C18H32O2. The molecule has 2 rings (SSSR count). The van der Waals surface area contributed by atoms with Crippen molar-refractivity contribution in [3.63, 3.8) is 0 Å². The Morgan fingerprint density at radius 3 is 2.30 bits per heavy atom. The van der Waals surface area contributed by atoms with E-state index in [0.29, 0.717) is 24.4 Å². The Labute approximate surface area is 124 Å². The molecule has 2 nitrogen and oxygen atoms in total. The molecule has 0 bridgehead atoms. The first-order valence-electron chi connectivity index (χ1n) is 8.62. The molecule has 0 N–H and O–H groups in total. The third kappa shape index (κ3) is 5.97. The molecule has 4 atom stereocenters. The fourth-order valence-electron chi connectivity index (χ4n) is 3.06. The SMILES string of the molecule is C=CCC1OC1CC1OC1CCCCCCCC(C)C. The molecule has 0 aliphatic carbocycles. The van der Waals surface area contributed by atoms with Crippen LogP contribution in [-0.4, -0.2) is 24.4 Å². The van der Waals surface area contributed by atoms with Gasteiger partial charge >= 0.3 is 0 Å². The summed E-state index contributed by atoms with van der Waals surface area (Å²) in [4.78, 5) is 0. The number of hydrogen-bond donors (Lipinski definition) is 0. The molecule has 0 spiro atoms. The Morgan fingerprint density at radius 2 is 1.55 bits per heavy atom. The first-order chi connectivity index (χ1) is 9.70. The van der Waals surface area contributed by atoms with E-state index in [-0.39, 0.29) is 0 Å². The molecule has 2 fully saturated rings. The maximum Gasteiger partial charge on any atom is 0.0877 e. The van der Waals surface area contributed by atoms with Crippen LogP contribution in [-0.2, 0) is 9.47 Å². The number of ether oxygens (including phenoxy) is 2. The molecule has 116 valence electrons. The second-order valence-electron chi connectivity index (χ2n) is 6.93. The van der Waals surface area contributed by atoms with E-state index in [2.05, 4.69) is 20.4 Å². The van der Waals surface area contributed by atoms with Gasteiger partial charge in [0.05, 0.1) is 24.4 Å². The van der Waals surface area contributed by atoms with Crippen molar-refractivity contribution < 1.29 is 9.47 Å². The lowest BCUT2D eigenvalue weighted by Crippen LogP contribution is -2.01. The van der Waals surface area contributed by atoms with Crippen LogP contribution < -0.4 is 0 Å². The molecule has 2 aliphatic heterocycles. The molecule has 2 saturated heterocycles. The van der Waals surface area contributed by atoms with Crippen molar-refractivity contribution in [1.29, 1.82) is 0 Å². The summed E-state index contributed by atoms with van der Waals surface area (Å²) in [5.41, 5.74) is 0. The maximum absolute atomic E-state index is 5.75. The average molecular weight is 280 g/mol. The van der Waals surface area contributed by atoms with Crippen LogP contribution in [0.1, 0.15) is 71.6 Å². The highest BCUT2D eigenvalue weighted by Crippen LogP contribution is 2.38. The number of rotatable bonds is 12. The van der Waals surface area contributed by atoms with Crippen molar-refractivity contribution in [1.82, 2.24) is 0 Å². The van der Waals surface area contributed by atoms with Gasteiger partial charge in [-0.15, -0.1) is 6.58 Å². The summed E-state index contributed by atoms with van der Waals surface area (Å²) in [6, 6.07) is 0. The van der Waals surface area contributed by atoms with Crippen LogP contribution in [0, 0.1) is 5.92 Å². The van der Waals surface area contributed by atoms with Gasteiger partial charge in [-0.1, -0.05) is 58.4 Å². The Hall–Kier alpha value is -0.340. The quantitative estimate of drug-likeness (QED) is 0.289. The fourth-order valence-corrected chi connectivity index (χ4v) is 3.06. The maximum atomic E-state index is 5.75. The molecular weight excluding hydrogens is 248 g/mol. The van der Waals surface area contributed by atoms with E-state index < -0.39 is 0 Å². The van der Waals surface area contributed by atoms with E-state index >= 15 is 0 Å². The van der Waals surface area contributed by atoms with E-state index in [1.54, 1.807) is 0 Å². The smallest absolute Gasteiger partial charge is 0.0877 e. The molecule has 2 aliphatic rings. The van der Waals surface area contributed by atoms with E-state index in [4.69, 9.17) is 9.47 Å². The summed E-state index contributed by atoms with van der Waals surface area (Å²) < 4.78 is 11.3. The number of unbranched alkanes of at least 4 members (excludes halogenated alkanes) is 4. The lowest BCUT2D eigenvalue weighted by Gasteiger charge is -2.03. The van der Waals surface area contributed by atoms with Gasteiger partial charge in [-0.05, 0) is 18.8 Å².